The Morgan fingerprint density at radius 3 is 2.58 bits per heavy atom. The van der Waals surface area contributed by atoms with E-state index in [1.54, 1.807) is 29.3 Å². The number of alkyl halides is 3. The maximum Gasteiger partial charge on any atom is 0.418 e. The smallest absolute Gasteiger partial charge is 0.320 e. The van der Waals surface area contributed by atoms with Crippen LogP contribution in [0, 0.1) is 0 Å². The molecular formula is C15H12F3N5O. The molecule has 0 unspecified atom stereocenters. The second-order valence-electron chi connectivity index (χ2n) is 4.92. The number of anilines is 1. The second-order valence-corrected chi connectivity index (χ2v) is 4.92. The molecule has 9 heteroatoms. The highest BCUT2D eigenvalue weighted by molar-refractivity contribution is 6.03. The van der Waals surface area contributed by atoms with Crippen LogP contribution in [0.3, 0.4) is 0 Å². The van der Waals surface area contributed by atoms with Gasteiger partial charge in [0.2, 0.25) is 0 Å². The highest BCUT2D eigenvalue weighted by Crippen LogP contribution is 2.34. The number of benzene rings is 1. The molecule has 1 N–H and O–H groups in total. The largest absolute Gasteiger partial charge is 0.418 e. The van der Waals surface area contributed by atoms with Gasteiger partial charge in [-0.05, 0) is 24.3 Å². The predicted molar refractivity (Wildman–Crippen MR) is 79.2 cm³/mol. The van der Waals surface area contributed by atoms with Gasteiger partial charge < -0.3 is 5.32 Å². The Bertz CT molecular complexity index is 839. The van der Waals surface area contributed by atoms with Crippen molar-refractivity contribution < 1.29 is 18.0 Å². The van der Waals surface area contributed by atoms with Gasteiger partial charge in [0.05, 0.1) is 11.3 Å². The number of halogens is 3. The van der Waals surface area contributed by atoms with Crippen molar-refractivity contribution in [1.29, 1.82) is 0 Å². The van der Waals surface area contributed by atoms with Gasteiger partial charge in [0.25, 0.3) is 5.91 Å². The molecule has 0 aliphatic carbocycles. The summed E-state index contributed by atoms with van der Waals surface area (Å²) in [5.41, 5.74) is -1.20. The summed E-state index contributed by atoms with van der Waals surface area (Å²) in [6, 6.07) is 7.95. The number of amides is 1. The number of nitrogens with one attached hydrogen (secondary N) is 1. The summed E-state index contributed by atoms with van der Waals surface area (Å²) in [6.45, 7) is 0.291. The van der Waals surface area contributed by atoms with Gasteiger partial charge in [0, 0.05) is 18.6 Å². The number of hydrogen-bond acceptors (Lipinski definition) is 3. The molecule has 124 valence electrons. The van der Waals surface area contributed by atoms with Gasteiger partial charge in [-0.2, -0.15) is 23.4 Å². The molecule has 0 fully saturated rings. The second kappa shape index (κ2) is 6.19. The Morgan fingerprint density at radius 1 is 1.08 bits per heavy atom. The Hall–Kier alpha value is -3.10. The van der Waals surface area contributed by atoms with Crippen molar-refractivity contribution in [3.63, 3.8) is 0 Å². The fraction of sp³-hybridized carbons (Fsp3) is 0.133. The third-order valence-electron chi connectivity index (χ3n) is 3.20. The van der Waals surface area contributed by atoms with E-state index in [2.05, 4.69) is 15.5 Å². The molecule has 6 nitrogen and oxygen atoms in total. The lowest BCUT2D eigenvalue weighted by Crippen LogP contribution is -2.18. The Balaban J connectivity index is 1.75. The first-order valence-corrected chi connectivity index (χ1v) is 6.92. The number of aromatic nitrogens is 4. The first-order chi connectivity index (χ1) is 11.4. The van der Waals surface area contributed by atoms with Crippen LogP contribution in [-0.2, 0) is 12.8 Å². The van der Waals surface area contributed by atoms with Crippen molar-refractivity contribution >= 4 is 11.6 Å². The molecule has 0 atom stereocenters. The summed E-state index contributed by atoms with van der Waals surface area (Å²) in [5.74, 6) is -0.717. The molecule has 2 aromatic heterocycles. The van der Waals surface area contributed by atoms with E-state index in [0.717, 1.165) is 6.07 Å². The zero-order valence-electron chi connectivity index (χ0n) is 12.2. The van der Waals surface area contributed by atoms with Crippen LogP contribution in [0.4, 0.5) is 18.9 Å². The molecule has 0 radical (unpaired) electrons. The minimum atomic E-state index is -4.55. The fourth-order valence-electron chi connectivity index (χ4n) is 2.12. The van der Waals surface area contributed by atoms with Crippen LogP contribution in [0.25, 0.3) is 0 Å². The SMILES string of the molecule is O=C(Nc1ccccc1C(F)(F)F)c1ccn(Cn2cccn2)n1. The van der Waals surface area contributed by atoms with E-state index >= 15 is 0 Å². The highest BCUT2D eigenvalue weighted by Gasteiger charge is 2.33. The minimum Gasteiger partial charge on any atom is -0.320 e. The molecule has 0 aliphatic heterocycles. The van der Waals surface area contributed by atoms with Crippen molar-refractivity contribution in [1.82, 2.24) is 19.6 Å². The van der Waals surface area contributed by atoms with Gasteiger partial charge in [0.15, 0.2) is 5.69 Å². The van der Waals surface area contributed by atoms with E-state index in [1.165, 1.54) is 28.9 Å². The van der Waals surface area contributed by atoms with Crippen LogP contribution >= 0.6 is 0 Å². The number of hydrogen-bond donors (Lipinski definition) is 1. The van der Waals surface area contributed by atoms with Crippen molar-refractivity contribution in [3.8, 4) is 0 Å². The first-order valence-electron chi connectivity index (χ1n) is 6.92. The molecule has 1 amide bonds. The van der Waals surface area contributed by atoms with Gasteiger partial charge in [-0.3, -0.25) is 14.2 Å². The van der Waals surface area contributed by atoms with Crippen LogP contribution in [0.15, 0.2) is 55.0 Å². The summed E-state index contributed by atoms with van der Waals surface area (Å²) >= 11 is 0. The molecule has 24 heavy (non-hydrogen) atoms. The molecule has 1 aromatic carbocycles. The van der Waals surface area contributed by atoms with E-state index in [4.69, 9.17) is 0 Å². The molecule has 0 aliphatic rings. The van der Waals surface area contributed by atoms with E-state index < -0.39 is 17.6 Å². The number of nitrogens with zero attached hydrogens (tertiary/aromatic N) is 4. The van der Waals surface area contributed by atoms with Crippen molar-refractivity contribution in [2.24, 2.45) is 0 Å². The fourth-order valence-corrected chi connectivity index (χ4v) is 2.12. The lowest BCUT2D eigenvalue weighted by Gasteiger charge is -2.12. The predicted octanol–water partition coefficient (Wildman–Crippen LogP) is 2.86. The zero-order valence-corrected chi connectivity index (χ0v) is 12.2. The van der Waals surface area contributed by atoms with Crippen molar-refractivity contribution in [2.75, 3.05) is 5.32 Å². The summed E-state index contributed by atoms with van der Waals surface area (Å²) in [5, 5.41) is 10.3. The van der Waals surface area contributed by atoms with Crippen LogP contribution in [0.1, 0.15) is 16.1 Å². The quantitative estimate of drug-likeness (QED) is 0.797. The van der Waals surface area contributed by atoms with Crippen LogP contribution in [0.5, 0.6) is 0 Å². The summed E-state index contributed by atoms with van der Waals surface area (Å²) in [7, 11) is 0. The van der Waals surface area contributed by atoms with E-state index in [9.17, 15) is 18.0 Å². The third kappa shape index (κ3) is 3.45. The summed E-state index contributed by atoms with van der Waals surface area (Å²) < 4.78 is 41.9. The summed E-state index contributed by atoms with van der Waals surface area (Å²) in [6.07, 6.45) is 0.321. The molecule has 0 saturated heterocycles. The Morgan fingerprint density at radius 2 is 1.88 bits per heavy atom. The van der Waals surface area contributed by atoms with Gasteiger partial charge in [-0.25, -0.2) is 0 Å². The number of rotatable bonds is 4. The number of para-hydroxylation sites is 1. The Labute approximate surface area is 134 Å². The maximum absolute atomic E-state index is 12.9. The van der Waals surface area contributed by atoms with Gasteiger partial charge >= 0.3 is 6.18 Å². The van der Waals surface area contributed by atoms with E-state index in [1.807, 2.05) is 0 Å². The van der Waals surface area contributed by atoms with Crippen LogP contribution in [0.2, 0.25) is 0 Å². The number of carbonyl (C=O) groups excluding carboxylic acids is 1. The highest BCUT2D eigenvalue weighted by atomic mass is 19.4. The minimum absolute atomic E-state index is 0.0131. The molecule has 3 rings (SSSR count). The van der Waals surface area contributed by atoms with E-state index in [-0.39, 0.29) is 11.4 Å². The molecular weight excluding hydrogens is 323 g/mol. The van der Waals surface area contributed by atoms with E-state index in [0.29, 0.717) is 6.67 Å². The zero-order chi connectivity index (χ0) is 17.2. The van der Waals surface area contributed by atoms with Crippen molar-refractivity contribution in [3.05, 3.63) is 66.2 Å². The maximum atomic E-state index is 12.9. The van der Waals surface area contributed by atoms with Crippen LogP contribution < -0.4 is 5.32 Å². The lowest BCUT2D eigenvalue weighted by atomic mass is 10.1. The van der Waals surface area contributed by atoms with Gasteiger partial charge in [-0.1, -0.05) is 12.1 Å². The molecule has 0 bridgehead atoms. The average Bonchev–Trinajstić information content (AvgIpc) is 3.19. The topological polar surface area (TPSA) is 64.7 Å². The third-order valence-corrected chi connectivity index (χ3v) is 3.20. The van der Waals surface area contributed by atoms with Gasteiger partial charge in [-0.15, -0.1) is 0 Å². The Kier molecular flexibility index (Phi) is 4.07. The normalized spacial score (nSPS) is 11.5. The molecule has 0 saturated carbocycles. The average molecular weight is 335 g/mol. The van der Waals surface area contributed by atoms with Crippen molar-refractivity contribution in [2.45, 2.75) is 12.8 Å². The van der Waals surface area contributed by atoms with Crippen LogP contribution in [-0.4, -0.2) is 25.5 Å². The monoisotopic (exact) mass is 335 g/mol. The molecule has 2 heterocycles. The lowest BCUT2D eigenvalue weighted by molar-refractivity contribution is -0.136. The summed E-state index contributed by atoms with van der Waals surface area (Å²) in [4.78, 5) is 12.1. The van der Waals surface area contributed by atoms with Gasteiger partial charge in [0.1, 0.15) is 6.67 Å². The molecule has 0 spiro atoms. The number of carbonyl (C=O) groups is 1. The molecule has 3 aromatic rings. The first kappa shape index (κ1) is 15.8. The standard InChI is InChI=1S/C15H12F3N5O/c16-15(17,18)11-4-1-2-5-12(11)20-14(24)13-6-9-23(21-13)10-22-8-3-7-19-22/h1-9H,10H2,(H,20,24).